The fourth-order valence-corrected chi connectivity index (χ4v) is 2.83. The molecule has 2 aromatic rings. The minimum atomic E-state index is -0.322. The molecule has 0 aliphatic carbocycles. The van der Waals surface area contributed by atoms with Gasteiger partial charge in [0.25, 0.3) is 0 Å². The topological polar surface area (TPSA) is 67.9 Å². The van der Waals surface area contributed by atoms with Crippen molar-refractivity contribution in [2.24, 2.45) is 0 Å². The summed E-state index contributed by atoms with van der Waals surface area (Å²) in [6.45, 7) is -0.0689. The van der Waals surface area contributed by atoms with Gasteiger partial charge in [-0.1, -0.05) is 23.2 Å². The molecule has 0 saturated carbocycles. The molecule has 0 heterocycles. The smallest absolute Gasteiger partial charge is 0.243 e. The highest BCUT2D eigenvalue weighted by Gasteiger charge is 2.14. The van der Waals surface area contributed by atoms with E-state index in [0.717, 1.165) is 5.56 Å². The Labute approximate surface area is 174 Å². The molecule has 0 aromatic heterocycles. The lowest BCUT2D eigenvalue weighted by Gasteiger charge is -2.17. The molecule has 0 unspecified atom stereocenters. The maximum Gasteiger partial charge on any atom is 0.243 e. The number of carbonyl (C=O) groups is 2. The zero-order chi connectivity index (χ0) is 20.7. The highest BCUT2D eigenvalue weighted by molar-refractivity contribution is 6.42. The number of aryl methyl sites for hydroxylation is 1. The lowest BCUT2D eigenvalue weighted by atomic mass is 10.1. The second-order valence-corrected chi connectivity index (χ2v) is 6.96. The molecular formula is C20H22Cl2N2O4. The van der Waals surface area contributed by atoms with Crippen LogP contribution in [0.5, 0.6) is 11.5 Å². The molecule has 6 nitrogen and oxygen atoms in total. The minimum absolute atomic E-state index is 0.0689. The fraction of sp³-hybridized carbons (Fsp3) is 0.300. The molecule has 8 heteroatoms. The summed E-state index contributed by atoms with van der Waals surface area (Å²) in [4.78, 5) is 25.9. The monoisotopic (exact) mass is 424 g/mol. The van der Waals surface area contributed by atoms with Crippen LogP contribution in [0.3, 0.4) is 0 Å². The van der Waals surface area contributed by atoms with E-state index in [1.165, 1.54) is 4.90 Å². The molecule has 0 spiro atoms. The number of methoxy groups -OCH3 is 2. The van der Waals surface area contributed by atoms with Crippen LogP contribution in [0.25, 0.3) is 0 Å². The van der Waals surface area contributed by atoms with Gasteiger partial charge in [0.15, 0.2) is 0 Å². The maximum atomic E-state index is 12.4. The maximum absolute atomic E-state index is 12.4. The summed E-state index contributed by atoms with van der Waals surface area (Å²) in [5.74, 6) is 0.857. The van der Waals surface area contributed by atoms with E-state index in [0.29, 0.717) is 33.7 Å². The highest BCUT2D eigenvalue weighted by atomic mass is 35.5. The van der Waals surface area contributed by atoms with Gasteiger partial charge < -0.3 is 19.7 Å². The van der Waals surface area contributed by atoms with E-state index in [2.05, 4.69) is 5.32 Å². The Morgan fingerprint density at radius 2 is 1.64 bits per heavy atom. The summed E-state index contributed by atoms with van der Waals surface area (Å²) >= 11 is 11.8. The van der Waals surface area contributed by atoms with Crippen molar-refractivity contribution in [2.75, 3.05) is 33.1 Å². The van der Waals surface area contributed by atoms with Gasteiger partial charge in [0, 0.05) is 25.2 Å². The summed E-state index contributed by atoms with van der Waals surface area (Å²) in [7, 11) is 4.73. The summed E-state index contributed by atoms with van der Waals surface area (Å²) in [6.07, 6.45) is 0.762. The van der Waals surface area contributed by atoms with Crippen molar-refractivity contribution >= 4 is 40.7 Å². The number of hydrogen-bond donors (Lipinski definition) is 1. The average Bonchev–Trinajstić information content (AvgIpc) is 2.68. The molecule has 0 radical (unpaired) electrons. The van der Waals surface area contributed by atoms with Crippen molar-refractivity contribution in [2.45, 2.75) is 12.8 Å². The summed E-state index contributed by atoms with van der Waals surface area (Å²) in [5, 5.41) is 3.44. The van der Waals surface area contributed by atoms with Gasteiger partial charge in [-0.2, -0.15) is 0 Å². The van der Waals surface area contributed by atoms with Crippen LogP contribution in [-0.2, 0) is 16.0 Å². The SMILES string of the molecule is COc1cc(CCC(=O)N(C)CC(=O)Nc2ccc(Cl)c(Cl)c2)cc(OC)c1. The zero-order valence-electron chi connectivity index (χ0n) is 15.9. The molecule has 1 N–H and O–H groups in total. The molecule has 2 rings (SSSR count). The van der Waals surface area contributed by atoms with Crippen LogP contribution in [0, 0.1) is 0 Å². The Bertz CT molecular complexity index is 836. The third-order valence-corrected chi connectivity index (χ3v) is 4.79. The number of anilines is 1. The summed E-state index contributed by atoms with van der Waals surface area (Å²) < 4.78 is 10.5. The Morgan fingerprint density at radius 1 is 1.00 bits per heavy atom. The van der Waals surface area contributed by atoms with Crippen molar-refractivity contribution in [3.63, 3.8) is 0 Å². The first-order valence-corrected chi connectivity index (χ1v) is 9.28. The predicted molar refractivity (Wildman–Crippen MR) is 111 cm³/mol. The molecule has 0 atom stereocenters. The minimum Gasteiger partial charge on any atom is -0.497 e. The number of rotatable bonds is 8. The normalized spacial score (nSPS) is 10.3. The van der Waals surface area contributed by atoms with Crippen LogP contribution in [-0.4, -0.2) is 44.5 Å². The first kappa shape index (κ1) is 21.9. The van der Waals surface area contributed by atoms with Gasteiger partial charge in [0.2, 0.25) is 11.8 Å². The Kier molecular flexibility index (Phi) is 7.96. The van der Waals surface area contributed by atoms with Crippen molar-refractivity contribution < 1.29 is 19.1 Å². The predicted octanol–water partition coefficient (Wildman–Crippen LogP) is 4.04. The zero-order valence-corrected chi connectivity index (χ0v) is 17.4. The van der Waals surface area contributed by atoms with Crippen LogP contribution in [0.4, 0.5) is 5.69 Å². The van der Waals surface area contributed by atoms with Crippen LogP contribution in [0.2, 0.25) is 10.0 Å². The van der Waals surface area contributed by atoms with Gasteiger partial charge in [0.05, 0.1) is 30.8 Å². The number of benzene rings is 2. The van der Waals surface area contributed by atoms with Crippen LogP contribution in [0.15, 0.2) is 36.4 Å². The van der Waals surface area contributed by atoms with Crippen molar-refractivity contribution in [3.05, 3.63) is 52.0 Å². The van der Waals surface area contributed by atoms with E-state index < -0.39 is 0 Å². The molecule has 2 aromatic carbocycles. The van der Waals surface area contributed by atoms with Crippen LogP contribution in [0.1, 0.15) is 12.0 Å². The number of hydrogen-bond acceptors (Lipinski definition) is 4. The van der Waals surface area contributed by atoms with E-state index >= 15 is 0 Å². The van der Waals surface area contributed by atoms with E-state index in [4.69, 9.17) is 32.7 Å². The Balaban J connectivity index is 1.88. The Hall–Kier alpha value is -2.44. The number of nitrogens with zero attached hydrogens (tertiary/aromatic N) is 1. The average molecular weight is 425 g/mol. The quantitative estimate of drug-likeness (QED) is 0.693. The fourth-order valence-electron chi connectivity index (χ4n) is 2.53. The molecule has 0 aliphatic rings. The van der Waals surface area contributed by atoms with Gasteiger partial charge in [-0.05, 0) is 42.3 Å². The third-order valence-electron chi connectivity index (χ3n) is 4.05. The first-order valence-electron chi connectivity index (χ1n) is 8.53. The van der Waals surface area contributed by atoms with Crippen molar-refractivity contribution in [1.82, 2.24) is 4.90 Å². The Morgan fingerprint density at radius 3 is 2.21 bits per heavy atom. The molecular weight excluding hydrogens is 403 g/mol. The molecule has 0 saturated heterocycles. The second-order valence-electron chi connectivity index (χ2n) is 6.15. The van der Waals surface area contributed by atoms with Gasteiger partial charge in [-0.25, -0.2) is 0 Å². The summed E-state index contributed by atoms with van der Waals surface area (Å²) in [6, 6.07) is 10.3. The van der Waals surface area contributed by atoms with E-state index in [1.807, 2.05) is 12.1 Å². The van der Waals surface area contributed by atoms with Crippen LogP contribution < -0.4 is 14.8 Å². The number of likely N-dealkylation sites (N-methyl/N-ethyl adjacent to an activating group) is 1. The number of amides is 2. The highest BCUT2D eigenvalue weighted by Crippen LogP contribution is 2.25. The second kappa shape index (κ2) is 10.2. The molecule has 2 amide bonds. The van der Waals surface area contributed by atoms with Gasteiger partial charge in [0.1, 0.15) is 11.5 Å². The lowest BCUT2D eigenvalue weighted by Crippen LogP contribution is -2.35. The molecule has 0 bridgehead atoms. The van der Waals surface area contributed by atoms with E-state index in [9.17, 15) is 9.59 Å². The van der Waals surface area contributed by atoms with E-state index in [1.54, 1.807) is 45.5 Å². The molecule has 0 fully saturated rings. The lowest BCUT2D eigenvalue weighted by molar-refractivity contribution is -0.133. The first-order chi connectivity index (χ1) is 13.3. The largest absolute Gasteiger partial charge is 0.497 e. The number of carbonyl (C=O) groups excluding carboxylic acids is 2. The molecule has 0 aliphatic heterocycles. The van der Waals surface area contributed by atoms with Crippen molar-refractivity contribution in [3.8, 4) is 11.5 Å². The number of ether oxygens (including phenoxy) is 2. The van der Waals surface area contributed by atoms with Crippen LogP contribution >= 0.6 is 23.2 Å². The van der Waals surface area contributed by atoms with Gasteiger partial charge in [-0.3, -0.25) is 9.59 Å². The standard InChI is InChI=1S/C20H22Cl2N2O4/c1-24(12-19(25)23-14-5-6-17(21)18(22)10-14)20(26)7-4-13-8-15(27-2)11-16(9-13)28-3/h5-6,8-11H,4,7,12H2,1-3H3,(H,23,25). The number of nitrogens with one attached hydrogen (secondary N) is 1. The van der Waals surface area contributed by atoms with E-state index in [-0.39, 0.29) is 24.8 Å². The molecule has 150 valence electrons. The van der Waals surface area contributed by atoms with Gasteiger partial charge >= 0.3 is 0 Å². The third kappa shape index (κ3) is 6.32. The van der Waals surface area contributed by atoms with Crippen molar-refractivity contribution in [1.29, 1.82) is 0 Å². The van der Waals surface area contributed by atoms with Gasteiger partial charge in [-0.15, -0.1) is 0 Å². The molecule has 28 heavy (non-hydrogen) atoms. The summed E-state index contributed by atoms with van der Waals surface area (Å²) in [5.41, 5.74) is 1.43. The number of halogens is 2.